The van der Waals surface area contributed by atoms with Gasteiger partial charge in [-0.05, 0) is 62.9 Å². The van der Waals surface area contributed by atoms with Crippen LogP contribution in [0.1, 0.15) is 43.9 Å². The van der Waals surface area contributed by atoms with Crippen molar-refractivity contribution in [2.24, 2.45) is 10.9 Å². The van der Waals surface area contributed by atoms with E-state index in [1.165, 1.54) is 25.9 Å². The maximum absolute atomic E-state index is 13.7. The average molecular weight is 462 g/mol. The molecule has 1 aliphatic rings. The average Bonchev–Trinajstić information content (AvgIpc) is 3.06. The van der Waals surface area contributed by atoms with Crippen molar-refractivity contribution in [1.29, 1.82) is 0 Å². The van der Waals surface area contributed by atoms with Gasteiger partial charge >= 0.3 is 0 Å². The Morgan fingerprint density at radius 1 is 1.28 bits per heavy atom. The van der Waals surface area contributed by atoms with Gasteiger partial charge in [-0.25, -0.2) is 4.39 Å². The van der Waals surface area contributed by atoms with Crippen LogP contribution in [-0.4, -0.2) is 44.1 Å². The van der Waals surface area contributed by atoms with Gasteiger partial charge in [0.2, 0.25) is 0 Å². The molecule has 25 heavy (non-hydrogen) atoms. The molecule has 1 fully saturated rings. The number of guanidine groups is 1. The van der Waals surface area contributed by atoms with Crippen molar-refractivity contribution in [1.82, 2.24) is 15.5 Å². The quantitative estimate of drug-likeness (QED) is 0.385. The van der Waals surface area contributed by atoms with E-state index in [1.54, 1.807) is 20.0 Å². The van der Waals surface area contributed by atoms with Crippen LogP contribution < -0.4 is 10.6 Å². The van der Waals surface area contributed by atoms with Gasteiger partial charge in [-0.1, -0.05) is 19.1 Å². The summed E-state index contributed by atoms with van der Waals surface area (Å²) in [4.78, 5) is 6.81. The number of likely N-dealkylation sites (tertiary alicyclic amines) is 1. The van der Waals surface area contributed by atoms with Crippen LogP contribution >= 0.6 is 24.0 Å². The van der Waals surface area contributed by atoms with Crippen LogP contribution in [-0.2, 0) is 0 Å². The zero-order valence-electron chi connectivity index (χ0n) is 15.8. The van der Waals surface area contributed by atoms with E-state index in [9.17, 15) is 4.39 Å². The highest BCUT2D eigenvalue weighted by atomic mass is 127. The van der Waals surface area contributed by atoms with Gasteiger partial charge in [-0.3, -0.25) is 4.99 Å². The maximum atomic E-state index is 13.7. The molecule has 0 spiro atoms. The molecule has 0 bridgehead atoms. The van der Waals surface area contributed by atoms with Crippen molar-refractivity contribution in [3.05, 3.63) is 35.1 Å². The third-order valence-electron chi connectivity index (χ3n) is 4.66. The summed E-state index contributed by atoms with van der Waals surface area (Å²) in [6.07, 6.45) is 2.65. The molecule has 6 heteroatoms. The molecule has 2 atom stereocenters. The molecular formula is C19H32FIN4. The molecule has 1 saturated heterocycles. The van der Waals surface area contributed by atoms with Gasteiger partial charge in [0.25, 0.3) is 0 Å². The van der Waals surface area contributed by atoms with Gasteiger partial charge < -0.3 is 15.5 Å². The summed E-state index contributed by atoms with van der Waals surface area (Å²) in [5, 5.41) is 6.73. The molecule has 4 nitrogen and oxygen atoms in total. The Hall–Kier alpha value is -0.890. The predicted octanol–water partition coefficient (Wildman–Crippen LogP) is 3.71. The fraction of sp³-hybridized carbons (Fsp3) is 0.632. The zero-order chi connectivity index (χ0) is 17.5. The van der Waals surface area contributed by atoms with Gasteiger partial charge in [-0.2, -0.15) is 0 Å². The fourth-order valence-electron chi connectivity index (χ4n) is 3.10. The van der Waals surface area contributed by atoms with E-state index in [-0.39, 0.29) is 35.8 Å². The summed E-state index contributed by atoms with van der Waals surface area (Å²) >= 11 is 0. The zero-order valence-corrected chi connectivity index (χ0v) is 18.1. The summed E-state index contributed by atoms with van der Waals surface area (Å²) in [7, 11) is 1.77. The Bertz CT molecular complexity index is 558. The molecule has 2 rings (SSSR count). The number of benzene rings is 1. The number of hydrogen-bond donors (Lipinski definition) is 2. The fourth-order valence-corrected chi connectivity index (χ4v) is 3.10. The second kappa shape index (κ2) is 11.0. The van der Waals surface area contributed by atoms with Crippen LogP contribution in [0, 0.1) is 18.7 Å². The minimum absolute atomic E-state index is 0. The first-order valence-corrected chi connectivity index (χ1v) is 8.95. The van der Waals surface area contributed by atoms with Crippen molar-refractivity contribution in [3.63, 3.8) is 0 Å². The van der Waals surface area contributed by atoms with Crippen LogP contribution in [0.25, 0.3) is 0 Å². The maximum Gasteiger partial charge on any atom is 0.191 e. The van der Waals surface area contributed by atoms with E-state index in [4.69, 9.17) is 0 Å². The molecule has 1 aromatic rings. The van der Waals surface area contributed by atoms with E-state index in [0.717, 1.165) is 24.6 Å². The first kappa shape index (κ1) is 22.2. The second-order valence-electron chi connectivity index (χ2n) is 6.94. The molecular weight excluding hydrogens is 430 g/mol. The molecule has 0 radical (unpaired) electrons. The number of aryl methyl sites for hydroxylation is 1. The van der Waals surface area contributed by atoms with E-state index >= 15 is 0 Å². The van der Waals surface area contributed by atoms with Crippen LogP contribution in [0.4, 0.5) is 4.39 Å². The lowest BCUT2D eigenvalue weighted by Crippen LogP contribution is -2.42. The highest BCUT2D eigenvalue weighted by Gasteiger charge is 2.15. The van der Waals surface area contributed by atoms with Gasteiger partial charge in [0.15, 0.2) is 5.96 Å². The highest BCUT2D eigenvalue weighted by Crippen LogP contribution is 2.16. The van der Waals surface area contributed by atoms with Crippen LogP contribution in [0.2, 0.25) is 0 Å². The molecule has 1 aromatic carbocycles. The summed E-state index contributed by atoms with van der Waals surface area (Å²) in [6, 6.07) is 5.37. The number of nitrogens with one attached hydrogen (secondary N) is 2. The van der Waals surface area contributed by atoms with Crippen LogP contribution in [0.3, 0.4) is 0 Å². The lowest BCUT2D eigenvalue weighted by Gasteiger charge is -2.23. The predicted molar refractivity (Wildman–Crippen MR) is 114 cm³/mol. The molecule has 0 saturated carbocycles. The second-order valence-corrected chi connectivity index (χ2v) is 6.94. The first-order chi connectivity index (χ1) is 11.5. The number of halogens is 2. The van der Waals surface area contributed by atoms with E-state index in [1.807, 2.05) is 19.1 Å². The van der Waals surface area contributed by atoms with Gasteiger partial charge in [-0.15, -0.1) is 24.0 Å². The molecule has 1 heterocycles. The van der Waals surface area contributed by atoms with E-state index < -0.39 is 0 Å². The lowest BCUT2D eigenvalue weighted by atomic mass is 10.1. The van der Waals surface area contributed by atoms with Crippen molar-refractivity contribution in [3.8, 4) is 0 Å². The topological polar surface area (TPSA) is 39.7 Å². The first-order valence-electron chi connectivity index (χ1n) is 8.95. The minimum Gasteiger partial charge on any atom is -0.356 e. The SMILES string of the molecule is CN=C(NCC(C)CN1CCCC1)NC(C)c1ccc(C)c(F)c1.I. The van der Waals surface area contributed by atoms with Gasteiger partial charge in [0, 0.05) is 20.1 Å². The summed E-state index contributed by atoms with van der Waals surface area (Å²) in [6.45, 7) is 10.5. The van der Waals surface area contributed by atoms with Gasteiger partial charge in [0.05, 0.1) is 6.04 Å². The molecule has 2 N–H and O–H groups in total. The Balaban J connectivity index is 0.00000312. The highest BCUT2D eigenvalue weighted by molar-refractivity contribution is 14.0. The Kier molecular flexibility index (Phi) is 9.71. The van der Waals surface area contributed by atoms with Crippen molar-refractivity contribution >= 4 is 29.9 Å². The standard InChI is InChI=1S/C19H31FN4.HI/c1-14(13-24-9-5-6-10-24)12-22-19(21-4)23-16(3)17-8-7-15(2)18(20)11-17;/h7-8,11,14,16H,5-6,9-10,12-13H2,1-4H3,(H2,21,22,23);1H. The smallest absolute Gasteiger partial charge is 0.191 e. The number of hydrogen-bond acceptors (Lipinski definition) is 2. The number of rotatable bonds is 6. The van der Waals surface area contributed by atoms with Crippen molar-refractivity contribution in [2.75, 3.05) is 33.2 Å². The summed E-state index contributed by atoms with van der Waals surface area (Å²) in [5.74, 6) is 1.16. The Morgan fingerprint density at radius 3 is 2.56 bits per heavy atom. The number of aliphatic imine (C=N–C) groups is 1. The lowest BCUT2D eigenvalue weighted by molar-refractivity contribution is 0.287. The molecule has 1 aliphatic heterocycles. The number of nitrogens with zero attached hydrogens (tertiary/aromatic N) is 2. The molecule has 2 unspecified atom stereocenters. The normalized spacial score (nSPS) is 17.7. The Labute approximate surface area is 168 Å². The third-order valence-corrected chi connectivity index (χ3v) is 4.66. The summed E-state index contributed by atoms with van der Waals surface area (Å²) in [5.41, 5.74) is 1.59. The minimum atomic E-state index is -0.164. The van der Waals surface area contributed by atoms with Crippen LogP contribution in [0.5, 0.6) is 0 Å². The molecule has 0 aliphatic carbocycles. The van der Waals surface area contributed by atoms with Crippen molar-refractivity contribution in [2.45, 2.75) is 39.7 Å². The van der Waals surface area contributed by atoms with E-state index in [0.29, 0.717) is 11.5 Å². The molecule has 0 aromatic heterocycles. The molecule has 142 valence electrons. The Morgan fingerprint density at radius 2 is 1.96 bits per heavy atom. The van der Waals surface area contributed by atoms with Crippen LogP contribution in [0.15, 0.2) is 23.2 Å². The third kappa shape index (κ3) is 7.09. The molecule has 0 amide bonds. The van der Waals surface area contributed by atoms with Gasteiger partial charge in [0.1, 0.15) is 5.82 Å². The monoisotopic (exact) mass is 462 g/mol. The largest absolute Gasteiger partial charge is 0.356 e. The van der Waals surface area contributed by atoms with Crippen molar-refractivity contribution < 1.29 is 4.39 Å². The van der Waals surface area contributed by atoms with E-state index in [2.05, 4.69) is 27.4 Å². The summed E-state index contributed by atoms with van der Waals surface area (Å²) < 4.78 is 13.7.